The van der Waals surface area contributed by atoms with E-state index in [9.17, 15) is 0 Å². The molecule has 1 aromatic rings. The molecule has 5 nitrogen and oxygen atoms in total. The first-order valence-corrected chi connectivity index (χ1v) is 8.24. The number of H-pyrrole nitrogens is 1. The Labute approximate surface area is 121 Å². The molecule has 3 atom stereocenters. The molecule has 3 unspecified atom stereocenters. The molecule has 1 saturated heterocycles. The van der Waals surface area contributed by atoms with Crippen molar-refractivity contribution in [2.45, 2.75) is 63.5 Å². The van der Waals surface area contributed by atoms with Gasteiger partial charge in [0, 0.05) is 25.0 Å². The Morgan fingerprint density at radius 1 is 1.15 bits per heavy atom. The third-order valence-electron chi connectivity index (χ3n) is 4.92. The Morgan fingerprint density at radius 2 is 2.05 bits per heavy atom. The summed E-state index contributed by atoms with van der Waals surface area (Å²) < 4.78 is 0. The van der Waals surface area contributed by atoms with Gasteiger partial charge in [0.1, 0.15) is 12.2 Å². The van der Waals surface area contributed by atoms with E-state index in [0.29, 0.717) is 6.04 Å². The second-order valence-corrected chi connectivity index (χ2v) is 6.25. The van der Waals surface area contributed by atoms with Gasteiger partial charge in [0.25, 0.3) is 0 Å². The predicted molar refractivity (Wildman–Crippen MR) is 79.5 cm³/mol. The van der Waals surface area contributed by atoms with Crippen LogP contribution in [-0.4, -0.2) is 40.4 Å². The lowest BCUT2D eigenvalue weighted by molar-refractivity contribution is 0.182. The zero-order chi connectivity index (χ0) is 13.6. The molecule has 112 valence electrons. The Bertz CT molecular complexity index is 372. The first-order chi connectivity index (χ1) is 9.93. The van der Waals surface area contributed by atoms with Crippen molar-refractivity contribution in [3.63, 3.8) is 0 Å². The quantitative estimate of drug-likeness (QED) is 0.765. The molecule has 2 fully saturated rings. The highest BCUT2D eigenvalue weighted by atomic mass is 15.2. The van der Waals surface area contributed by atoms with E-state index in [-0.39, 0.29) is 0 Å². The smallest absolute Gasteiger partial charge is 0.137 e. The van der Waals surface area contributed by atoms with Gasteiger partial charge in [-0.05, 0) is 38.1 Å². The van der Waals surface area contributed by atoms with E-state index >= 15 is 0 Å². The zero-order valence-corrected chi connectivity index (χ0v) is 12.3. The molecule has 0 spiro atoms. The summed E-state index contributed by atoms with van der Waals surface area (Å²) >= 11 is 0. The maximum atomic E-state index is 4.19. The van der Waals surface area contributed by atoms with Crippen LogP contribution in [-0.2, 0) is 6.42 Å². The Hall–Kier alpha value is -0.940. The lowest BCUT2D eigenvalue weighted by atomic mass is 9.77. The van der Waals surface area contributed by atoms with Crippen LogP contribution in [0, 0.1) is 5.92 Å². The summed E-state index contributed by atoms with van der Waals surface area (Å²) in [6.07, 6.45) is 12.2. The third kappa shape index (κ3) is 3.58. The zero-order valence-electron chi connectivity index (χ0n) is 12.3. The number of aromatic amines is 1. The van der Waals surface area contributed by atoms with Crippen LogP contribution < -0.4 is 10.6 Å². The van der Waals surface area contributed by atoms with Gasteiger partial charge in [0.05, 0.1) is 0 Å². The first kappa shape index (κ1) is 14.0. The lowest BCUT2D eigenvalue weighted by Gasteiger charge is -2.40. The van der Waals surface area contributed by atoms with Crippen LogP contribution in [0.15, 0.2) is 6.33 Å². The summed E-state index contributed by atoms with van der Waals surface area (Å²) in [5.74, 6) is 1.81. The van der Waals surface area contributed by atoms with Gasteiger partial charge >= 0.3 is 0 Å². The van der Waals surface area contributed by atoms with E-state index < -0.39 is 0 Å². The molecule has 0 bridgehead atoms. The Balaban J connectivity index is 1.49. The summed E-state index contributed by atoms with van der Waals surface area (Å²) in [6, 6.07) is 1.43. The summed E-state index contributed by atoms with van der Waals surface area (Å²) in [7, 11) is 0. The number of nitrogens with zero attached hydrogens (tertiary/aromatic N) is 2. The molecule has 20 heavy (non-hydrogen) atoms. The van der Waals surface area contributed by atoms with Crippen LogP contribution >= 0.6 is 0 Å². The lowest BCUT2D eigenvalue weighted by Crippen LogP contribution is -2.50. The number of piperidine rings is 1. The van der Waals surface area contributed by atoms with Gasteiger partial charge in [-0.1, -0.05) is 19.3 Å². The Kier molecular flexibility index (Phi) is 5.03. The molecule has 1 saturated carbocycles. The number of nitrogens with one attached hydrogen (secondary N) is 3. The normalized spacial score (nSPS) is 31.3. The summed E-state index contributed by atoms with van der Waals surface area (Å²) in [6.45, 7) is 2.22. The minimum absolute atomic E-state index is 0.683. The molecular weight excluding hydrogens is 250 g/mol. The van der Waals surface area contributed by atoms with E-state index in [4.69, 9.17) is 0 Å². The molecule has 2 aliphatic rings. The molecule has 3 rings (SSSR count). The molecule has 0 aromatic carbocycles. The highest BCUT2D eigenvalue weighted by Gasteiger charge is 2.31. The fourth-order valence-corrected chi connectivity index (χ4v) is 3.87. The summed E-state index contributed by atoms with van der Waals surface area (Å²) in [4.78, 5) is 4.19. The molecule has 0 radical (unpaired) electrons. The van der Waals surface area contributed by atoms with Gasteiger partial charge in [-0.15, -0.1) is 0 Å². The SMILES string of the molecule is c1n[nH]c(CCNC2CCCCC2C2CCCCN2)n1. The van der Waals surface area contributed by atoms with Crippen molar-refractivity contribution >= 4 is 0 Å². The molecule has 2 heterocycles. The van der Waals surface area contributed by atoms with E-state index in [1.165, 1.54) is 51.5 Å². The van der Waals surface area contributed by atoms with Gasteiger partial charge < -0.3 is 10.6 Å². The largest absolute Gasteiger partial charge is 0.314 e. The molecule has 1 aliphatic carbocycles. The maximum absolute atomic E-state index is 4.19. The van der Waals surface area contributed by atoms with E-state index in [1.54, 1.807) is 6.33 Å². The average molecular weight is 277 g/mol. The maximum Gasteiger partial charge on any atom is 0.137 e. The second-order valence-electron chi connectivity index (χ2n) is 6.25. The van der Waals surface area contributed by atoms with Gasteiger partial charge in [0.15, 0.2) is 0 Å². The van der Waals surface area contributed by atoms with E-state index in [1.807, 2.05) is 0 Å². The van der Waals surface area contributed by atoms with Gasteiger partial charge in [-0.25, -0.2) is 4.98 Å². The van der Waals surface area contributed by atoms with Crippen LogP contribution in [0.2, 0.25) is 0 Å². The number of rotatable bonds is 5. The molecular formula is C15H27N5. The second kappa shape index (κ2) is 7.18. The van der Waals surface area contributed by atoms with Crippen molar-refractivity contribution < 1.29 is 0 Å². The van der Waals surface area contributed by atoms with Gasteiger partial charge in [-0.2, -0.15) is 5.10 Å². The number of aromatic nitrogens is 3. The Morgan fingerprint density at radius 3 is 2.85 bits per heavy atom. The topological polar surface area (TPSA) is 65.6 Å². The van der Waals surface area contributed by atoms with Gasteiger partial charge in [-0.3, -0.25) is 5.10 Å². The molecule has 1 aromatic heterocycles. The first-order valence-electron chi connectivity index (χ1n) is 8.24. The van der Waals surface area contributed by atoms with Crippen molar-refractivity contribution in [3.8, 4) is 0 Å². The van der Waals surface area contributed by atoms with Crippen molar-refractivity contribution in [2.24, 2.45) is 5.92 Å². The molecule has 1 aliphatic heterocycles. The van der Waals surface area contributed by atoms with Crippen LogP contribution in [0.4, 0.5) is 0 Å². The number of hydrogen-bond acceptors (Lipinski definition) is 4. The van der Waals surface area contributed by atoms with E-state index in [0.717, 1.165) is 30.7 Å². The van der Waals surface area contributed by atoms with Crippen LogP contribution in [0.1, 0.15) is 50.8 Å². The minimum Gasteiger partial charge on any atom is -0.314 e. The summed E-state index contributed by atoms with van der Waals surface area (Å²) in [5, 5.41) is 14.4. The standard InChI is InChI=1S/C15H27N5/c1-2-6-14(17-10-8-15-18-11-19-20-15)12(5-1)13-7-3-4-9-16-13/h11-14,16-17H,1-10H2,(H,18,19,20). The molecule has 0 amide bonds. The minimum atomic E-state index is 0.683. The fraction of sp³-hybridized carbons (Fsp3) is 0.867. The van der Waals surface area contributed by atoms with Crippen molar-refractivity contribution in [1.82, 2.24) is 25.8 Å². The van der Waals surface area contributed by atoms with Crippen molar-refractivity contribution in [2.75, 3.05) is 13.1 Å². The monoisotopic (exact) mass is 277 g/mol. The van der Waals surface area contributed by atoms with Crippen molar-refractivity contribution in [3.05, 3.63) is 12.2 Å². The van der Waals surface area contributed by atoms with Crippen LogP contribution in [0.25, 0.3) is 0 Å². The highest BCUT2D eigenvalue weighted by Crippen LogP contribution is 2.30. The van der Waals surface area contributed by atoms with Crippen LogP contribution in [0.5, 0.6) is 0 Å². The van der Waals surface area contributed by atoms with Gasteiger partial charge in [0.2, 0.25) is 0 Å². The van der Waals surface area contributed by atoms with Crippen molar-refractivity contribution in [1.29, 1.82) is 0 Å². The molecule has 5 heteroatoms. The van der Waals surface area contributed by atoms with Crippen LogP contribution in [0.3, 0.4) is 0 Å². The third-order valence-corrected chi connectivity index (χ3v) is 4.92. The summed E-state index contributed by atoms with van der Waals surface area (Å²) in [5.41, 5.74) is 0. The predicted octanol–water partition coefficient (Wildman–Crippen LogP) is 1.64. The highest BCUT2D eigenvalue weighted by molar-refractivity contribution is 4.91. The molecule has 3 N–H and O–H groups in total. The fourth-order valence-electron chi connectivity index (χ4n) is 3.87. The van der Waals surface area contributed by atoms with E-state index in [2.05, 4.69) is 25.8 Å². The number of hydrogen-bond donors (Lipinski definition) is 3. The average Bonchev–Trinajstić information content (AvgIpc) is 3.02.